The van der Waals surface area contributed by atoms with Crippen LogP contribution in [0.15, 0.2) is 12.4 Å². The lowest BCUT2D eigenvalue weighted by Crippen LogP contribution is -2.61. The number of nitrogens with zero attached hydrogens (tertiary/aromatic N) is 3. The fourth-order valence-electron chi connectivity index (χ4n) is 3.32. The second-order valence-electron chi connectivity index (χ2n) is 6.59. The topological polar surface area (TPSA) is 58.4 Å². The van der Waals surface area contributed by atoms with Crippen molar-refractivity contribution in [1.82, 2.24) is 14.7 Å². The molecule has 7 heteroatoms. The van der Waals surface area contributed by atoms with E-state index in [9.17, 15) is 18.7 Å². The summed E-state index contributed by atoms with van der Waals surface area (Å²) in [6.45, 7) is 0.648. The Morgan fingerprint density at radius 3 is 2.82 bits per heavy atom. The van der Waals surface area contributed by atoms with Crippen molar-refractivity contribution in [1.29, 1.82) is 0 Å². The van der Waals surface area contributed by atoms with Crippen LogP contribution >= 0.6 is 0 Å². The summed E-state index contributed by atoms with van der Waals surface area (Å²) in [4.78, 5) is 13.3. The van der Waals surface area contributed by atoms with Gasteiger partial charge in [0, 0.05) is 26.3 Å². The first-order valence-corrected chi connectivity index (χ1v) is 7.69. The summed E-state index contributed by atoms with van der Waals surface area (Å²) in [5, 5.41) is 13.9. The van der Waals surface area contributed by atoms with Gasteiger partial charge in [-0.05, 0) is 43.6 Å². The molecule has 1 aromatic heterocycles. The van der Waals surface area contributed by atoms with Gasteiger partial charge in [0.2, 0.25) is 0 Å². The zero-order valence-corrected chi connectivity index (χ0v) is 12.6. The number of aryl methyl sites for hydroxylation is 1. The third-order valence-corrected chi connectivity index (χ3v) is 4.89. The van der Waals surface area contributed by atoms with E-state index >= 15 is 0 Å². The van der Waals surface area contributed by atoms with Crippen LogP contribution in [0, 0.1) is 5.92 Å². The lowest BCUT2D eigenvalue weighted by atomic mass is 9.75. The molecule has 1 aliphatic heterocycles. The fourth-order valence-corrected chi connectivity index (χ4v) is 3.32. The maximum Gasteiger partial charge on any atom is 0.352 e. The van der Waals surface area contributed by atoms with Gasteiger partial charge in [-0.25, -0.2) is 0 Å². The molecule has 1 saturated carbocycles. The van der Waals surface area contributed by atoms with E-state index in [4.69, 9.17) is 0 Å². The second kappa shape index (κ2) is 5.30. The molecule has 1 saturated heterocycles. The maximum atomic E-state index is 14.2. The van der Waals surface area contributed by atoms with E-state index in [2.05, 4.69) is 5.10 Å². The quantitative estimate of drug-likeness (QED) is 0.913. The third kappa shape index (κ3) is 2.51. The predicted molar refractivity (Wildman–Crippen MR) is 75.3 cm³/mol. The molecule has 22 heavy (non-hydrogen) atoms. The Labute approximate surface area is 127 Å². The minimum absolute atomic E-state index is 0.00130. The van der Waals surface area contributed by atoms with Crippen molar-refractivity contribution >= 4 is 5.91 Å². The molecule has 0 spiro atoms. The van der Waals surface area contributed by atoms with Crippen LogP contribution in [0.1, 0.15) is 31.2 Å². The Balaban J connectivity index is 1.61. The lowest BCUT2D eigenvalue weighted by Gasteiger charge is -2.42. The number of aliphatic hydroxyl groups is 1. The normalized spacial score (nSPS) is 24.4. The first kappa shape index (κ1) is 15.4. The summed E-state index contributed by atoms with van der Waals surface area (Å²) in [6, 6.07) is 0. The van der Waals surface area contributed by atoms with Crippen LogP contribution in [0.4, 0.5) is 8.78 Å². The number of carbonyl (C=O) groups is 1. The van der Waals surface area contributed by atoms with Crippen molar-refractivity contribution in [3.05, 3.63) is 18.0 Å². The molecule has 122 valence electrons. The van der Waals surface area contributed by atoms with Gasteiger partial charge in [0.05, 0.1) is 6.20 Å². The number of carbonyl (C=O) groups excluding carboxylic acids is 1. The van der Waals surface area contributed by atoms with Gasteiger partial charge in [-0.2, -0.15) is 13.9 Å². The minimum atomic E-state index is -3.67. The van der Waals surface area contributed by atoms with E-state index in [-0.39, 0.29) is 18.8 Å². The van der Waals surface area contributed by atoms with Crippen molar-refractivity contribution < 1.29 is 18.7 Å². The van der Waals surface area contributed by atoms with Crippen LogP contribution in [0.3, 0.4) is 0 Å². The van der Waals surface area contributed by atoms with E-state index in [0.29, 0.717) is 25.9 Å². The molecule has 2 heterocycles. The first-order chi connectivity index (χ1) is 10.3. The monoisotopic (exact) mass is 313 g/mol. The van der Waals surface area contributed by atoms with Crippen molar-refractivity contribution in [2.45, 2.75) is 43.6 Å². The highest BCUT2D eigenvalue weighted by Crippen LogP contribution is 2.45. The molecule has 1 atom stereocenters. The SMILES string of the molecule is Cn1cc(CC2CCN(C(=O)C(F)(F)C3(O)CCC3)C2)cn1. The minimum Gasteiger partial charge on any atom is -0.383 e. The Hall–Kier alpha value is -1.50. The number of likely N-dealkylation sites (tertiary alicyclic amines) is 1. The van der Waals surface area contributed by atoms with Crippen molar-refractivity contribution in [3.8, 4) is 0 Å². The molecule has 0 bridgehead atoms. The average molecular weight is 313 g/mol. The van der Waals surface area contributed by atoms with E-state index in [0.717, 1.165) is 12.0 Å². The molecule has 0 aromatic carbocycles. The second-order valence-corrected chi connectivity index (χ2v) is 6.59. The summed E-state index contributed by atoms with van der Waals surface area (Å²) in [6.07, 6.45) is 5.63. The van der Waals surface area contributed by atoms with Crippen molar-refractivity contribution in [2.24, 2.45) is 13.0 Å². The maximum absolute atomic E-state index is 14.2. The molecule has 1 aromatic rings. The molecule has 3 rings (SSSR count). The van der Waals surface area contributed by atoms with Crippen LogP contribution in [0.2, 0.25) is 0 Å². The largest absolute Gasteiger partial charge is 0.383 e. The molecule has 5 nitrogen and oxygen atoms in total. The molecule has 1 aliphatic carbocycles. The third-order valence-electron chi connectivity index (χ3n) is 4.89. The number of hydrogen-bond donors (Lipinski definition) is 1. The van der Waals surface area contributed by atoms with Crippen LogP contribution < -0.4 is 0 Å². The summed E-state index contributed by atoms with van der Waals surface area (Å²) < 4.78 is 30.1. The lowest BCUT2D eigenvalue weighted by molar-refractivity contribution is -0.222. The summed E-state index contributed by atoms with van der Waals surface area (Å²) in [7, 11) is 1.83. The van der Waals surface area contributed by atoms with Crippen LogP contribution in [0.5, 0.6) is 0 Å². The fraction of sp³-hybridized carbons (Fsp3) is 0.733. The van der Waals surface area contributed by atoms with Gasteiger partial charge in [0.1, 0.15) is 5.60 Å². The molecule has 0 radical (unpaired) electrons. The summed E-state index contributed by atoms with van der Waals surface area (Å²) in [5.74, 6) is -4.72. The molecular formula is C15H21F2N3O2. The summed E-state index contributed by atoms with van der Waals surface area (Å²) in [5.41, 5.74) is -1.09. The van der Waals surface area contributed by atoms with E-state index in [1.807, 2.05) is 13.2 Å². The number of amides is 1. The van der Waals surface area contributed by atoms with E-state index in [1.165, 1.54) is 4.90 Å². The molecule has 2 fully saturated rings. The first-order valence-electron chi connectivity index (χ1n) is 7.69. The highest BCUT2D eigenvalue weighted by molar-refractivity contribution is 5.85. The van der Waals surface area contributed by atoms with Crippen molar-refractivity contribution in [2.75, 3.05) is 13.1 Å². The van der Waals surface area contributed by atoms with Gasteiger partial charge in [-0.15, -0.1) is 0 Å². The smallest absolute Gasteiger partial charge is 0.352 e. The van der Waals surface area contributed by atoms with Crippen LogP contribution in [0.25, 0.3) is 0 Å². The van der Waals surface area contributed by atoms with Gasteiger partial charge in [-0.1, -0.05) is 0 Å². The van der Waals surface area contributed by atoms with Gasteiger partial charge < -0.3 is 10.0 Å². The molecule has 1 N–H and O–H groups in total. The number of aromatic nitrogens is 2. The van der Waals surface area contributed by atoms with Gasteiger partial charge >= 0.3 is 5.92 Å². The molecular weight excluding hydrogens is 292 g/mol. The van der Waals surface area contributed by atoms with Gasteiger partial charge in [0.15, 0.2) is 0 Å². The summed E-state index contributed by atoms with van der Waals surface area (Å²) >= 11 is 0. The highest BCUT2D eigenvalue weighted by Gasteiger charge is 2.62. The average Bonchev–Trinajstić information content (AvgIpc) is 3.04. The zero-order chi connectivity index (χ0) is 16.0. The molecule has 1 amide bonds. The Morgan fingerprint density at radius 1 is 1.55 bits per heavy atom. The Kier molecular flexibility index (Phi) is 3.71. The number of rotatable bonds is 4. The molecule has 1 unspecified atom stereocenters. The van der Waals surface area contributed by atoms with E-state index in [1.54, 1.807) is 10.9 Å². The standard InChI is InChI=1S/C15H21F2N3O2/c1-19-9-12(8-18-19)7-11-3-6-20(10-11)13(21)15(16,17)14(22)4-2-5-14/h8-9,11,22H,2-7,10H2,1H3. The van der Waals surface area contributed by atoms with Gasteiger partial charge in [-0.3, -0.25) is 9.48 Å². The molecule has 2 aliphatic rings. The highest BCUT2D eigenvalue weighted by atomic mass is 19.3. The van der Waals surface area contributed by atoms with Gasteiger partial charge in [0.25, 0.3) is 5.91 Å². The zero-order valence-electron chi connectivity index (χ0n) is 12.6. The van der Waals surface area contributed by atoms with Crippen LogP contribution in [-0.4, -0.2) is 50.3 Å². The number of halogens is 2. The van der Waals surface area contributed by atoms with E-state index < -0.39 is 17.4 Å². The number of alkyl halides is 2. The Morgan fingerprint density at radius 2 is 2.27 bits per heavy atom. The van der Waals surface area contributed by atoms with Crippen molar-refractivity contribution in [3.63, 3.8) is 0 Å². The predicted octanol–water partition coefficient (Wildman–Crippen LogP) is 1.36. The Bertz CT molecular complexity index is 569. The van der Waals surface area contributed by atoms with Crippen LogP contribution in [-0.2, 0) is 18.3 Å². The number of hydrogen-bond acceptors (Lipinski definition) is 3.